The molecule has 0 bridgehead atoms. The number of benzene rings is 1. The van der Waals surface area contributed by atoms with Crippen LogP contribution in [0.5, 0.6) is 0 Å². The van der Waals surface area contributed by atoms with E-state index in [-0.39, 0.29) is 23.6 Å². The molecular weight excluding hydrogens is 240 g/mol. The number of nitrogens with one attached hydrogen (secondary N) is 1. The van der Waals surface area contributed by atoms with Gasteiger partial charge in [-0.1, -0.05) is 0 Å². The summed E-state index contributed by atoms with van der Waals surface area (Å²) in [6, 6.07) is 3.45. The van der Waals surface area contributed by atoms with Gasteiger partial charge in [-0.15, -0.1) is 0 Å². The highest BCUT2D eigenvalue weighted by Crippen LogP contribution is 2.30. The second kappa shape index (κ2) is 4.96. The zero-order chi connectivity index (χ0) is 13.9. The third kappa shape index (κ3) is 3.14. The number of non-ortho nitro benzene ring substituents is 1. The van der Waals surface area contributed by atoms with Gasteiger partial charge < -0.3 is 11.1 Å². The Kier molecular flexibility index (Phi) is 3.82. The molecule has 8 heteroatoms. The zero-order valence-corrected chi connectivity index (χ0v) is 10.0. The maximum absolute atomic E-state index is 10.9. The monoisotopic (exact) mass is 254 g/mol. The first kappa shape index (κ1) is 13.8. The van der Waals surface area contributed by atoms with Crippen LogP contribution >= 0.6 is 0 Å². The fourth-order valence-corrected chi connectivity index (χ4v) is 1.31. The molecule has 18 heavy (non-hydrogen) atoms. The molecule has 3 N–H and O–H groups in total. The second-order valence-electron chi connectivity index (χ2n) is 4.43. The molecule has 0 aliphatic carbocycles. The minimum absolute atomic E-state index is 0.209. The van der Waals surface area contributed by atoms with E-state index in [0.29, 0.717) is 0 Å². The summed E-state index contributed by atoms with van der Waals surface area (Å²) in [5.74, 6) is 0. The van der Waals surface area contributed by atoms with E-state index in [4.69, 9.17) is 5.73 Å². The number of nitro groups is 2. The van der Waals surface area contributed by atoms with Crippen LogP contribution < -0.4 is 11.1 Å². The molecule has 0 heterocycles. The van der Waals surface area contributed by atoms with E-state index in [1.165, 1.54) is 12.1 Å². The van der Waals surface area contributed by atoms with Gasteiger partial charge in [0.1, 0.15) is 5.69 Å². The summed E-state index contributed by atoms with van der Waals surface area (Å²) < 4.78 is 0. The highest BCUT2D eigenvalue weighted by atomic mass is 16.6. The van der Waals surface area contributed by atoms with E-state index in [1.807, 2.05) is 0 Å². The molecule has 0 fully saturated rings. The van der Waals surface area contributed by atoms with Gasteiger partial charge in [-0.25, -0.2) is 0 Å². The van der Waals surface area contributed by atoms with Gasteiger partial charge in [0.2, 0.25) is 0 Å². The molecule has 0 aliphatic rings. The topological polar surface area (TPSA) is 124 Å². The first-order chi connectivity index (χ1) is 8.26. The van der Waals surface area contributed by atoms with Crippen LogP contribution in [0.4, 0.5) is 17.1 Å². The molecule has 1 aromatic rings. The fraction of sp³-hybridized carbons (Fsp3) is 0.400. The van der Waals surface area contributed by atoms with Gasteiger partial charge in [-0.2, -0.15) is 0 Å². The summed E-state index contributed by atoms with van der Waals surface area (Å²) >= 11 is 0. The molecular formula is C10H14N4O4. The first-order valence-corrected chi connectivity index (χ1v) is 5.18. The molecule has 0 saturated carbocycles. The Bertz CT molecular complexity index is 487. The highest BCUT2D eigenvalue weighted by molar-refractivity contribution is 5.66. The van der Waals surface area contributed by atoms with Crippen molar-refractivity contribution in [2.24, 2.45) is 5.73 Å². The van der Waals surface area contributed by atoms with Gasteiger partial charge in [0, 0.05) is 18.2 Å². The minimum atomic E-state index is -0.676. The second-order valence-corrected chi connectivity index (χ2v) is 4.43. The highest BCUT2D eigenvalue weighted by Gasteiger charge is 2.23. The third-order valence-corrected chi connectivity index (χ3v) is 2.37. The molecule has 0 saturated heterocycles. The minimum Gasteiger partial charge on any atom is -0.373 e. The lowest BCUT2D eigenvalue weighted by molar-refractivity contribution is -0.393. The van der Waals surface area contributed by atoms with E-state index < -0.39 is 15.4 Å². The third-order valence-electron chi connectivity index (χ3n) is 2.37. The number of nitrogens with two attached hydrogens (primary N) is 1. The summed E-state index contributed by atoms with van der Waals surface area (Å²) in [6.45, 7) is 3.82. The Balaban J connectivity index is 3.20. The van der Waals surface area contributed by atoms with Gasteiger partial charge in [-0.05, 0) is 19.9 Å². The largest absolute Gasteiger partial charge is 0.373 e. The van der Waals surface area contributed by atoms with Crippen LogP contribution in [0.3, 0.4) is 0 Å². The predicted octanol–water partition coefficient (Wildman–Crippen LogP) is 1.65. The first-order valence-electron chi connectivity index (χ1n) is 5.18. The Morgan fingerprint density at radius 3 is 2.33 bits per heavy atom. The predicted molar refractivity (Wildman–Crippen MR) is 66.5 cm³/mol. The number of anilines is 1. The standard InChI is InChI=1S/C10H14N4O4/c1-10(2,6-11)12-8-4-3-7(13(15)16)5-9(8)14(17)18/h3-5,12H,6,11H2,1-2H3. The van der Waals surface area contributed by atoms with Crippen LogP contribution in [0.15, 0.2) is 18.2 Å². The number of hydrogen-bond donors (Lipinski definition) is 2. The SMILES string of the molecule is CC(C)(CN)Nc1ccc([N+](=O)[O-])cc1[N+](=O)[O-]. The molecule has 0 radical (unpaired) electrons. The van der Waals surface area contributed by atoms with E-state index in [0.717, 1.165) is 6.07 Å². The summed E-state index contributed by atoms with van der Waals surface area (Å²) in [5, 5.41) is 24.3. The van der Waals surface area contributed by atoms with E-state index in [1.54, 1.807) is 13.8 Å². The molecule has 0 aromatic heterocycles. The van der Waals surface area contributed by atoms with Crippen molar-refractivity contribution >= 4 is 17.1 Å². The summed E-state index contributed by atoms with van der Waals surface area (Å²) in [6.07, 6.45) is 0. The number of nitrogens with zero attached hydrogens (tertiary/aromatic N) is 2. The normalized spacial score (nSPS) is 11.1. The quantitative estimate of drug-likeness (QED) is 0.608. The smallest absolute Gasteiger partial charge is 0.299 e. The zero-order valence-electron chi connectivity index (χ0n) is 10.0. The van der Waals surface area contributed by atoms with Crippen molar-refractivity contribution in [2.45, 2.75) is 19.4 Å². The molecule has 98 valence electrons. The Morgan fingerprint density at radius 2 is 1.89 bits per heavy atom. The maximum Gasteiger partial charge on any atom is 0.299 e. The van der Waals surface area contributed by atoms with Gasteiger partial charge in [0.05, 0.1) is 15.9 Å². The van der Waals surface area contributed by atoms with E-state index in [2.05, 4.69) is 5.32 Å². The van der Waals surface area contributed by atoms with Gasteiger partial charge in [-0.3, -0.25) is 20.2 Å². The lowest BCUT2D eigenvalue weighted by Crippen LogP contribution is -2.39. The van der Waals surface area contributed by atoms with E-state index in [9.17, 15) is 20.2 Å². The van der Waals surface area contributed by atoms with Crippen molar-refractivity contribution in [1.82, 2.24) is 0 Å². The van der Waals surface area contributed by atoms with Crippen LogP contribution in [-0.2, 0) is 0 Å². The maximum atomic E-state index is 10.9. The molecule has 1 aromatic carbocycles. The molecule has 1 rings (SSSR count). The Labute approximate surface area is 103 Å². The van der Waals surface area contributed by atoms with Crippen molar-refractivity contribution in [1.29, 1.82) is 0 Å². The number of rotatable bonds is 5. The van der Waals surface area contributed by atoms with Crippen LogP contribution in [0.25, 0.3) is 0 Å². The van der Waals surface area contributed by atoms with Gasteiger partial charge in [0.25, 0.3) is 11.4 Å². The number of hydrogen-bond acceptors (Lipinski definition) is 6. The summed E-state index contributed by atoms with van der Waals surface area (Å²) in [7, 11) is 0. The number of nitro benzene ring substituents is 2. The summed E-state index contributed by atoms with van der Waals surface area (Å²) in [5.41, 5.74) is 4.52. The van der Waals surface area contributed by atoms with Crippen molar-refractivity contribution in [2.75, 3.05) is 11.9 Å². The molecule has 0 aliphatic heterocycles. The molecule has 8 nitrogen and oxygen atoms in total. The van der Waals surface area contributed by atoms with E-state index >= 15 is 0 Å². The average Bonchev–Trinajstić information content (AvgIpc) is 2.28. The van der Waals surface area contributed by atoms with Crippen LogP contribution in [0.1, 0.15) is 13.8 Å². The lowest BCUT2D eigenvalue weighted by atomic mass is 10.1. The van der Waals surface area contributed by atoms with Crippen molar-refractivity contribution in [3.05, 3.63) is 38.4 Å². The molecule has 0 unspecified atom stereocenters. The molecule has 0 spiro atoms. The van der Waals surface area contributed by atoms with Gasteiger partial charge in [0.15, 0.2) is 0 Å². The Morgan fingerprint density at radius 1 is 1.28 bits per heavy atom. The lowest BCUT2D eigenvalue weighted by Gasteiger charge is -2.25. The van der Waals surface area contributed by atoms with Crippen LogP contribution in [0.2, 0.25) is 0 Å². The van der Waals surface area contributed by atoms with Crippen LogP contribution in [0, 0.1) is 20.2 Å². The van der Waals surface area contributed by atoms with Crippen LogP contribution in [-0.4, -0.2) is 21.9 Å². The molecule has 0 amide bonds. The Hall–Kier alpha value is -2.22. The van der Waals surface area contributed by atoms with Gasteiger partial charge >= 0.3 is 0 Å². The fourth-order valence-electron chi connectivity index (χ4n) is 1.31. The van der Waals surface area contributed by atoms with Crippen molar-refractivity contribution in [3.8, 4) is 0 Å². The summed E-state index contributed by atoms with van der Waals surface area (Å²) in [4.78, 5) is 20.1. The van der Waals surface area contributed by atoms with Crippen molar-refractivity contribution in [3.63, 3.8) is 0 Å². The van der Waals surface area contributed by atoms with Crippen molar-refractivity contribution < 1.29 is 9.85 Å². The molecule has 0 atom stereocenters. The average molecular weight is 254 g/mol.